The minimum atomic E-state index is 0. The highest BCUT2D eigenvalue weighted by Gasteiger charge is 1.97. The van der Waals surface area contributed by atoms with E-state index in [1.165, 1.54) is 0 Å². The van der Waals surface area contributed by atoms with Crippen molar-refractivity contribution >= 4 is 29.9 Å². The van der Waals surface area contributed by atoms with Crippen LogP contribution in [0.15, 0.2) is 29.3 Å². The molecule has 0 aliphatic carbocycles. The summed E-state index contributed by atoms with van der Waals surface area (Å²) in [6.45, 7) is 2.45. The molecule has 20 heavy (non-hydrogen) atoms. The molecule has 0 fully saturated rings. The molecule has 0 aliphatic rings. The zero-order chi connectivity index (χ0) is 14.1. The predicted octanol–water partition coefficient (Wildman–Crippen LogP) is 1.67. The Balaban J connectivity index is 0.00000361. The van der Waals surface area contributed by atoms with Crippen LogP contribution in [-0.2, 0) is 6.54 Å². The van der Waals surface area contributed by atoms with Crippen molar-refractivity contribution in [1.29, 1.82) is 0 Å². The van der Waals surface area contributed by atoms with Gasteiger partial charge in [-0.2, -0.15) is 0 Å². The molecule has 0 unspecified atom stereocenters. The SMILES string of the molecule is CN=C(N)NCc1ccc(OCCCN(C)C)cc1.I. The largest absolute Gasteiger partial charge is 0.494 e. The summed E-state index contributed by atoms with van der Waals surface area (Å²) >= 11 is 0. The third kappa shape index (κ3) is 8.21. The summed E-state index contributed by atoms with van der Waals surface area (Å²) in [5, 5.41) is 3.01. The van der Waals surface area contributed by atoms with Crippen LogP contribution in [-0.4, -0.2) is 45.2 Å². The van der Waals surface area contributed by atoms with Gasteiger partial charge in [-0.3, -0.25) is 4.99 Å². The van der Waals surface area contributed by atoms with Gasteiger partial charge in [0.15, 0.2) is 5.96 Å². The first-order chi connectivity index (χ1) is 9.11. The Kier molecular flexibility index (Phi) is 10.2. The Morgan fingerprint density at radius 2 is 1.95 bits per heavy atom. The highest BCUT2D eigenvalue weighted by Crippen LogP contribution is 2.12. The maximum atomic E-state index is 5.66. The van der Waals surface area contributed by atoms with E-state index in [9.17, 15) is 0 Å². The first kappa shape index (κ1) is 19.0. The monoisotopic (exact) mass is 392 g/mol. The molecule has 1 aromatic rings. The number of nitrogens with zero attached hydrogens (tertiary/aromatic N) is 2. The average molecular weight is 392 g/mol. The van der Waals surface area contributed by atoms with Crippen molar-refractivity contribution in [1.82, 2.24) is 10.2 Å². The van der Waals surface area contributed by atoms with Gasteiger partial charge in [-0.05, 0) is 38.2 Å². The van der Waals surface area contributed by atoms with Crippen LogP contribution in [0.3, 0.4) is 0 Å². The average Bonchev–Trinajstić information content (AvgIpc) is 2.42. The van der Waals surface area contributed by atoms with Crippen LogP contribution in [0, 0.1) is 0 Å². The number of guanidine groups is 1. The van der Waals surface area contributed by atoms with Crippen LogP contribution < -0.4 is 15.8 Å². The Morgan fingerprint density at radius 3 is 2.50 bits per heavy atom. The molecular weight excluding hydrogens is 367 g/mol. The fourth-order valence-corrected chi connectivity index (χ4v) is 1.55. The van der Waals surface area contributed by atoms with Crippen LogP contribution in [0.2, 0.25) is 0 Å². The summed E-state index contributed by atoms with van der Waals surface area (Å²) in [5.41, 5.74) is 6.71. The van der Waals surface area contributed by atoms with Crippen LogP contribution >= 0.6 is 24.0 Å². The molecule has 0 radical (unpaired) electrons. The van der Waals surface area contributed by atoms with Gasteiger partial charge in [0, 0.05) is 20.1 Å². The van der Waals surface area contributed by atoms with Crippen molar-refractivity contribution in [3.05, 3.63) is 29.8 Å². The van der Waals surface area contributed by atoms with E-state index in [0.29, 0.717) is 12.5 Å². The summed E-state index contributed by atoms with van der Waals surface area (Å²) < 4.78 is 5.66. The maximum absolute atomic E-state index is 5.66. The van der Waals surface area contributed by atoms with Crippen LogP contribution in [0.4, 0.5) is 0 Å². The number of hydrogen-bond acceptors (Lipinski definition) is 3. The normalized spacial score (nSPS) is 11.1. The minimum absolute atomic E-state index is 0. The van der Waals surface area contributed by atoms with Crippen molar-refractivity contribution in [2.45, 2.75) is 13.0 Å². The smallest absolute Gasteiger partial charge is 0.188 e. The number of hydrogen-bond donors (Lipinski definition) is 2. The van der Waals surface area contributed by atoms with E-state index in [-0.39, 0.29) is 24.0 Å². The van der Waals surface area contributed by atoms with E-state index >= 15 is 0 Å². The molecule has 0 spiro atoms. The van der Waals surface area contributed by atoms with E-state index in [0.717, 1.165) is 30.9 Å². The first-order valence-electron chi connectivity index (χ1n) is 6.44. The van der Waals surface area contributed by atoms with Gasteiger partial charge in [-0.25, -0.2) is 0 Å². The zero-order valence-electron chi connectivity index (χ0n) is 12.4. The molecule has 6 heteroatoms. The van der Waals surface area contributed by atoms with E-state index in [4.69, 9.17) is 10.5 Å². The Bertz CT molecular complexity index is 393. The fourth-order valence-electron chi connectivity index (χ4n) is 1.55. The van der Waals surface area contributed by atoms with E-state index in [2.05, 4.69) is 29.3 Å². The molecule has 114 valence electrons. The summed E-state index contributed by atoms with van der Waals surface area (Å²) in [6, 6.07) is 8.01. The van der Waals surface area contributed by atoms with Gasteiger partial charge in [-0.15, -0.1) is 24.0 Å². The number of nitrogens with one attached hydrogen (secondary N) is 1. The topological polar surface area (TPSA) is 62.9 Å². The number of benzene rings is 1. The highest BCUT2D eigenvalue weighted by atomic mass is 127. The molecule has 0 bridgehead atoms. The van der Waals surface area contributed by atoms with Crippen molar-refractivity contribution in [2.24, 2.45) is 10.7 Å². The number of aliphatic imine (C=N–C) groups is 1. The molecular formula is C14H25IN4O. The Labute approximate surface area is 138 Å². The highest BCUT2D eigenvalue weighted by molar-refractivity contribution is 14.0. The summed E-state index contributed by atoms with van der Waals surface area (Å²) in [6.07, 6.45) is 1.03. The lowest BCUT2D eigenvalue weighted by molar-refractivity contribution is 0.281. The van der Waals surface area contributed by atoms with Crippen LogP contribution in [0.25, 0.3) is 0 Å². The van der Waals surface area contributed by atoms with Gasteiger partial charge in [0.25, 0.3) is 0 Å². The fraction of sp³-hybridized carbons (Fsp3) is 0.500. The Hall–Kier alpha value is -1.02. The maximum Gasteiger partial charge on any atom is 0.188 e. The van der Waals surface area contributed by atoms with E-state index in [1.807, 2.05) is 24.3 Å². The molecule has 1 rings (SSSR count). The molecule has 0 saturated heterocycles. The van der Waals surface area contributed by atoms with Gasteiger partial charge in [0.1, 0.15) is 5.75 Å². The van der Waals surface area contributed by atoms with Crippen molar-refractivity contribution in [3.8, 4) is 5.75 Å². The number of rotatable bonds is 7. The van der Waals surface area contributed by atoms with Crippen molar-refractivity contribution < 1.29 is 4.74 Å². The third-order valence-electron chi connectivity index (χ3n) is 2.66. The molecule has 0 heterocycles. The van der Waals surface area contributed by atoms with Gasteiger partial charge >= 0.3 is 0 Å². The molecule has 0 aromatic heterocycles. The van der Waals surface area contributed by atoms with Gasteiger partial charge in [-0.1, -0.05) is 12.1 Å². The van der Waals surface area contributed by atoms with Gasteiger partial charge < -0.3 is 20.7 Å². The summed E-state index contributed by atoms with van der Waals surface area (Å²) in [4.78, 5) is 5.99. The molecule has 1 aromatic carbocycles. The van der Waals surface area contributed by atoms with Gasteiger partial charge in [0.2, 0.25) is 0 Å². The van der Waals surface area contributed by atoms with E-state index in [1.54, 1.807) is 7.05 Å². The lowest BCUT2D eigenvalue weighted by Crippen LogP contribution is -2.30. The molecule has 0 amide bonds. The molecule has 0 atom stereocenters. The van der Waals surface area contributed by atoms with Crippen LogP contribution in [0.1, 0.15) is 12.0 Å². The number of halogens is 1. The number of ether oxygens (including phenoxy) is 1. The minimum Gasteiger partial charge on any atom is -0.494 e. The summed E-state index contributed by atoms with van der Waals surface area (Å²) in [7, 11) is 5.78. The zero-order valence-corrected chi connectivity index (χ0v) is 14.8. The number of nitrogens with two attached hydrogens (primary N) is 1. The van der Waals surface area contributed by atoms with Crippen molar-refractivity contribution in [3.63, 3.8) is 0 Å². The van der Waals surface area contributed by atoms with Crippen molar-refractivity contribution in [2.75, 3.05) is 34.3 Å². The lowest BCUT2D eigenvalue weighted by atomic mass is 10.2. The predicted molar refractivity (Wildman–Crippen MR) is 94.9 cm³/mol. The molecule has 0 saturated carbocycles. The molecule has 0 aliphatic heterocycles. The van der Waals surface area contributed by atoms with Gasteiger partial charge in [0.05, 0.1) is 6.61 Å². The summed E-state index contributed by atoms with van der Waals surface area (Å²) in [5.74, 6) is 1.35. The molecule has 5 nitrogen and oxygen atoms in total. The second-order valence-electron chi connectivity index (χ2n) is 4.61. The Morgan fingerprint density at radius 1 is 1.30 bits per heavy atom. The van der Waals surface area contributed by atoms with Crippen LogP contribution in [0.5, 0.6) is 5.75 Å². The third-order valence-corrected chi connectivity index (χ3v) is 2.66. The molecule has 3 N–H and O–H groups in total. The quantitative estimate of drug-likeness (QED) is 0.321. The second kappa shape index (κ2) is 10.7. The first-order valence-corrected chi connectivity index (χ1v) is 6.44. The second-order valence-corrected chi connectivity index (χ2v) is 4.61. The standard InChI is InChI=1S/C14H24N4O.HI/c1-16-14(15)17-11-12-5-7-13(8-6-12)19-10-4-9-18(2)3;/h5-8H,4,9-11H2,1-3H3,(H3,15,16,17);1H. The van der Waals surface area contributed by atoms with E-state index < -0.39 is 0 Å². The lowest BCUT2D eigenvalue weighted by Gasteiger charge is -2.11.